The minimum absolute atomic E-state index is 0.00169. The van der Waals surface area contributed by atoms with E-state index in [2.05, 4.69) is 58.0 Å². The lowest BCUT2D eigenvalue weighted by Crippen LogP contribution is -2.28. The molecule has 1 aromatic heterocycles. The lowest BCUT2D eigenvalue weighted by atomic mass is 10.1. The molecule has 0 unspecified atom stereocenters. The molecule has 0 aliphatic heterocycles. The summed E-state index contributed by atoms with van der Waals surface area (Å²) in [5.41, 5.74) is 1.89. The second kappa shape index (κ2) is 15.5. The Labute approximate surface area is 216 Å². The molecule has 1 amide bonds. The summed E-state index contributed by atoms with van der Waals surface area (Å²) in [7, 11) is 1.68. The Hall–Kier alpha value is -2.48. The van der Waals surface area contributed by atoms with Crippen molar-refractivity contribution in [3.63, 3.8) is 0 Å². The molecule has 0 saturated heterocycles. The molecule has 1 N–H and O–H groups in total. The van der Waals surface area contributed by atoms with Crippen LogP contribution in [0.3, 0.4) is 0 Å². The molecule has 0 spiro atoms. The summed E-state index contributed by atoms with van der Waals surface area (Å²) in [6.07, 6.45) is 8.05. The maximum atomic E-state index is 13.0. The second-order valence-corrected chi connectivity index (χ2v) is 9.34. The first kappa shape index (κ1) is 28.8. The Balaban J connectivity index is 2.06. The summed E-state index contributed by atoms with van der Waals surface area (Å²) in [5, 5.41) is 3.94. The van der Waals surface area contributed by atoms with Crippen LogP contribution in [0.2, 0.25) is 0 Å². The van der Waals surface area contributed by atoms with Crippen LogP contribution in [-0.2, 0) is 4.79 Å². The van der Waals surface area contributed by atoms with Gasteiger partial charge in [-0.3, -0.25) is 4.79 Å². The van der Waals surface area contributed by atoms with E-state index in [-0.39, 0.29) is 5.91 Å². The number of rotatable bonds is 16. The van der Waals surface area contributed by atoms with Gasteiger partial charge in [-0.2, -0.15) is 0 Å². The smallest absolute Gasteiger partial charge is 0.224 e. The summed E-state index contributed by atoms with van der Waals surface area (Å²) < 4.78 is 5.31. The summed E-state index contributed by atoms with van der Waals surface area (Å²) in [6, 6.07) is 8.20. The normalized spacial score (nSPS) is 10.8. The molecule has 7 nitrogen and oxygen atoms in total. The van der Waals surface area contributed by atoms with Crippen LogP contribution in [0.1, 0.15) is 65.1 Å². The Bertz CT molecular complexity index is 903. The minimum atomic E-state index is 0.00169. The lowest BCUT2D eigenvalue weighted by molar-refractivity contribution is -0.116. The maximum absolute atomic E-state index is 13.0. The third-order valence-electron chi connectivity index (χ3n) is 6.04. The van der Waals surface area contributed by atoms with Crippen molar-refractivity contribution in [1.29, 1.82) is 0 Å². The Morgan fingerprint density at radius 1 is 0.971 bits per heavy atom. The Morgan fingerprint density at radius 2 is 1.66 bits per heavy atom. The van der Waals surface area contributed by atoms with Crippen molar-refractivity contribution in [2.24, 2.45) is 0 Å². The van der Waals surface area contributed by atoms with Crippen LogP contribution in [-0.4, -0.2) is 55.4 Å². The molecule has 0 aliphatic rings. The zero-order chi connectivity index (χ0) is 25.6. The highest BCUT2D eigenvalue weighted by Gasteiger charge is 2.19. The number of aromatic nitrogens is 2. The zero-order valence-corrected chi connectivity index (χ0v) is 23.2. The number of hydrogen-bond acceptors (Lipinski definition) is 7. The average molecular weight is 502 g/mol. The van der Waals surface area contributed by atoms with E-state index in [0.717, 1.165) is 61.3 Å². The fourth-order valence-corrected chi connectivity index (χ4v) is 4.64. The standard InChI is InChI=1S/C27H43N5O2S/c1-7-10-11-12-19-32(22-15-17-23(34-5)18-16-22)20-13-14-24(33)30-25-26(31(8-2)9-3)28-21(4)29-27(25)35-6/h15-18H,7-14,19-20H2,1-6H3,(H,30,33). The number of hydrogen-bond donors (Lipinski definition) is 1. The highest BCUT2D eigenvalue weighted by atomic mass is 32.2. The quantitative estimate of drug-likeness (QED) is 0.168. The van der Waals surface area contributed by atoms with Crippen molar-refractivity contribution in [2.45, 2.75) is 71.2 Å². The number of unbranched alkanes of at least 4 members (excludes halogenated alkanes) is 3. The van der Waals surface area contributed by atoms with Crippen molar-refractivity contribution < 1.29 is 9.53 Å². The van der Waals surface area contributed by atoms with Gasteiger partial charge in [0.1, 0.15) is 22.3 Å². The highest BCUT2D eigenvalue weighted by Crippen LogP contribution is 2.32. The number of carbonyl (C=O) groups excluding carboxylic acids is 1. The van der Waals surface area contributed by atoms with Crippen molar-refractivity contribution >= 4 is 34.9 Å². The number of carbonyl (C=O) groups is 1. The molecule has 0 bridgehead atoms. The van der Waals surface area contributed by atoms with Gasteiger partial charge in [0.2, 0.25) is 5.91 Å². The average Bonchev–Trinajstić information content (AvgIpc) is 2.87. The van der Waals surface area contributed by atoms with Gasteiger partial charge in [0, 0.05) is 38.3 Å². The molecule has 0 saturated carbocycles. The van der Waals surface area contributed by atoms with Crippen LogP contribution in [0.5, 0.6) is 5.75 Å². The number of nitrogens with zero attached hydrogens (tertiary/aromatic N) is 4. The number of thioether (sulfide) groups is 1. The van der Waals surface area contributed by atoms with Gasteiger partial charge in [-0.25, -0.2) is 9.97 Å². The van der Waals surface area contributed by atoms with E-state index >= 15 is 0 Å². The monoisotopic (exact) mass is 501 g/mol. The van der Waals surface area contributed by atoms with Gasteiger partial charge in [0.05, 0.1) is 7.11 Å². The summed E-state index contributed by atoms with van der Waals surface area (Å²) in [6.45, 7) is 11.8. The zero-order valence-electron chi connectivity index (χ0n) is 22.4. The number of anilines is 3. The molecule has 35 heavy (non-hydrogen) atoms. The van der Waals surface area contributed by atoms with Gasteiger partial charge in [-0.1, -0.05) is 26.2 Å². The number of benzene rings is 1. The largest absolute Gasteiger partial charge is 0.497 e. The molecule has 194 valence electrons. The number of ether oxygens (including phenoxy) is 1. The minimum Gasteiger partial charge on any atom is -0.497 e. The number of amides is 1. The SMILES string of the molecule is CCCCCCN(CCCC(=O)Nc1c(SC)nc(C)nc1N(CC)CC)c1ccc(OC)cc1. The summed E-state index contributed by atoms with van der Waals surface area (Å²) >= 11 is 1.54. The van der Waals surface area contributed by atoms with E-state index in [1.807, 2.05) is 25.3 Å². The van der Waals surface area contributed by atoms with Crippen molar-refractivity contribution in [3.8, 4) is 5.75 Å². The topological polar surface area (TPSA) is 70.6 Å². The third kappa shape index (κ3) is 8.91. The van der Waals surface area contributed by atoms with Gasteiger partial charge in [-0.15, -0.1) is 11.8 Å². The van der Waals surface area contributed by atoms with E-state index in [4.69, 9.17) is 4.74 Å². The van der Waals surface area contributed by atoms with Crippen molar-refractivity contribution in [1.82, 2.24) is 9.97 Å². The number of nitrogens with one attached hydrogen (secondary N) is 1. The molecule has 1 aromatic carbocycles. The van der Waals surface area contributed by atoms with Crippen LogP contribution in [0.25, 0.3) is 0 Å². The van der Waals surface area contributed by atoms with Crippen molar-refractivity contribution in [3.05, 3.63) is 30.1 Å². The van der Waals surface area contributed by atoms with E-state index in [9.17, 15) is 4.79 Å². The molecular formula is C27H43N5O2S. The van der Waals surface area contributed by atoms with E-state index in [0.29, 0.717) is 12.2 Å². The number of aryl methyl sites for hydroxylation is 1. The van der Waals surface area contributed by atoms with Crippen LogP contribution in [0, 0.1) is 6.92 Å². The lowest BCUT2D eigenvalue weighted by Gasteiger charge is -2.26. The molecular weight excluding hydrogens is 458 g/mol. The van der Waals surface area contributed by atoms with Gasteiger partial charge < -0.3 is 19.9 Å². The van der Waals surface area contributed by atoms with Crippen LogP contribution in [0.15, 0.2) is 29.3 Å². The Kier molecular flexibility index (Phi) is 12.7. The third-order valence-corrected chi connectivity index (χ3v) is 6.72. The first-order chi connectivity index (χ1) is 17.0. The van der Waals surface area contributed by atoms with Crippen LogP contribution >= 0.6 is 11.8 Å². The first-order valence-electron chi connectivity index (χ1n) is 12.8. The maximum Gasteiger partial charge on any atom is 0.224 e. The molecule has 2 aromatic rings. The summed E-state index contributed by atoms with van der Waals surface area (Å²) in [4.78, 5) is 26.7. The van der Waals surface area contributed by atoms with Crippen LogP contribution in [0.4, 0.5) is 17.2 Å². The van der Waals surface area contributed by atoms with Gasteiger partial charge in [0.15, 0.2) is 5.82 Å². The molecule has 0 radical (unpaired) electrons. The fraction of sp³-hybridized carbons (Fsp3) is 0.593. The molecule has 1 heterocycles. The first-order valence-corrected chi connectivity index (χ1v) is 14.1. The number of methoxy groups -OCH3 is 1. The van der Waals surface area contributed by atoms with E-state index < -0.39 is 0 Å². The predicted octanol–water partition coefficient (Wildman–Crippen LogP) is 6.17. The molecule has 2 rings (SSSR count). The van der Waals surface area contributed by atoms with Crippen molar-refractivity contribution in [2.75, 3.05) is 54.7 Å². The fourth-order valence-electron chi connectivity index (χ4n) is 4.07. The van der Waals surface area contributed by atoms with Gasteiger partial charge in [0.25, 0.3) is 0 Å². The molecule has 8 heteroatoms. The molecule has 0 atom stereocenters. The molecule has 0 fully saturated rings. The van der Waals surface area contributed by atoms with E-state index in [1.165, 1.54) is 36.7 Å². The van der Waals surface area contributed by atoms with Gasteiger partial charge >= 0.3 is 0 Å². The highest BCUT2D eigenvalue weighted by molar-refractivity contribution is 7.98. The predicted molar refractivity (Wildman–Crippen MR) is 149 cm³/mol. The summed E-state index contributed by atoms with van der Waals surface area (Å²) in [5.74, 6) is 2.37. The second-order valence-electron chi connectivity index (χ2n) is 8.55. The Morgan fingerprint density at radius 3 is 2.26 bits per heavy atom. The van der Waals surface area contributed by atoms with E-state index in [1.54, 1.807) is 7.11 Å². The molecule has 0 aliphatic carbocycles. The van der Waals surface area contributed by atoms with Crippen LogP contribution < -0.4 is 19.9 Å². The van der Waals surface area contributed by atoms with Gasteiger partial charge in [-0.05, 0) is 64.1 Å².